The minimum atomic E-state index is -0.499. The Balaban J connectivity index is 1.51. The zero-order chi connectivity index (χ0) is 25.9. The van der Waals surface area contributed by atoms with Crippen LogP contribution in [0.5, 0.6) is 0 Å². The molecule has 1 aromatic rings. The highest BCUT2D eigenvalue weighted by atomic mass is 16.5. The monoisotopic (exact) mass is 493 g/mol. The van der Waals surface area contributed by atoms with E-state index in [9.17, 15) is 9.59 Å². The minimum Gasteiger partial charge on any atom is -0.461 e. The molecule has 196 valence electrons. The molecule has 3 fully saturated rings. The summed E-state index contributed by atoms with van der Waals surface area (Å²) in [5.41, 5.74) is 1.57. The smallest absolute Gasteiger partial charge is 0.293 e. The van der Waals surface area contributed by atoms with Crippen molar-refractivity contribution >= 4 is 12.3 Å². The van der Waals surface area contributed by atoms with Crippen molar-refractivity contribution in [3.05, 3.63) is 29.2 Å². The molecule has 5 heteroatoms. The first-order chi connectivity index (χ1) is 16.9. The van der Waals surface area contributed by atoms with Gasteiger partial charge in [0.25, 0.3) is 6.47 Å². The summed E-state index contributed by atoms with van der Waals surface area (Å²) in [5.74, 6) is 2.51. The van der Waals surface area contributed by atoms with E-state index in [0.717, 1.165) is 50.7 Å². The molecule has 0 bridgehead atoms. The molecule has 0 unspecified atom stereocenters. The zero-order valence-electron chi connectivity index (χ0n) is 23.1. The van der Waals surface area contributed by atoms with Crippen LogP contribution in [0.4, 0.5) is 0 Å². The second kappa shape index (κ2) is 7.35. The molecule has 0 saturated heterocycles. The Morgan fingerprint density at radius 3 is 2.53 bits per heavy atom. The van der Waals surface area contributed by atoms with E-state index in [1.807, 2.05) is 6.20 Å². The third-order valence-corrected chi connectivity index (χ3v) is 12.9. The first-order valence-corrected chi connectivity index (χ1v) is 14.2. The standard InChI is InChI=1S/C31H43NO4/c1-18-8-11-31(35-17-33)13-12-30(7)25(24(31)19(18)2)21(34)14-23-28(5)15-20-16-32-36-26(20)27(3,4)22(28)9-10-29(23,30)6/h14,16-19,22,24-25H,8-13,15H2,1-7H3/t18-,19+,22+,24+,25-,28+,29-,30-,31+/m1/s1. The number of aromatic nitrogens is 1. The molecular weight excluding hydrogens is 450 g/mol. The minimum absolute atomic E-state index is 0.0741. The molecule has 9 atom stereocenters. The molecule has 5 aliphatic carbocycles. The van der Waals surface area contributed by atoms with Crippen LogP contribution in [0, 0.1) is 45.8 Å². The van der Waals surface area contributed by atoms with E-state index in [1.165, 1.54) is 11.1 Å². The van der Waals surface area contributed by atoms with Gasteiger partial charge in [-0.05, 0) is 85.0 Å². The average Bonchev–Trinajstić information content (AvgIpc) is 3.28. The first kappa shape index (κ1) is 24.4. The molecule has 1 heterocycles. The summed E-state index contributed by atoms with van der Waals surface area (Å²) < 4.78 is 11.8. The van der Waals surface area contributed by atoms with E-state index in [1.54, 1.807) is 0 Å². The summed E-state index contributed by atoms with van der Waals surface area (Å²) in [7, 11) is 0. The van der Waals surface area contributed by atoms with Crippen molar-refractivity contribution in [2.75, 3.05) is 0 Å². The predicted octanol–water partition coefficient (Wildman–Crippen LogP) is 6.45. The van der Waals surface area contributed by atoms with Gasteiger partial charge in [-0.25, -0.2) is 0 Å². The summed E-state index contributed by atoms with van der Waals surface area (Å²) in [6.07, 6.45) is 10.8. The maximum Gasteiger partial charge on any atom is 0.293 e. The summed E-state index contributed by atoms with van der Waals surface area (Å²) in [4.78, 5) is 26.1. The van der Waals surface area contributed by atoms with Crippen molar-refractivity contribution in [3.8, 4) is 0 Å². The van der Waals surface area contributed by atoms with E-state index >= 15 is 0 Å². The lowest BCUT2D eigenvalue weighted by atomic mass is 9.34. The van der Waals surface area contributed by atoms with Crippen LogP contribution in [0.15, 0.2) is 22.4 Å². The molecule has 0 aliphatic heterocycles. The van der Waals surface area contributed by atoms with Gasteiger partial charge in [0.1, 0.15) is 11.4 Å². The van der Waals surface area contributed by atoms with Crippen LogP contribution >= 0.6 is 0 Å². The Kier molecular flexibility index (Phi) is 4.99. The number of carbonyl (C=O) groups excluding carboxylic acids is 2. The van der Waals surface area contributed by atoms with E-state index in [2.05, 4.69) is 59.7 Å². The highest BCUT2D eigenvalue weighted by molar-refractivity contribution is 5.95. The number of rotatable bonds is 2. The molecular formula is C31H43NO4. The van der Waals surface area contributed by atoms with Gasteiger partial charge in [-0.3, -0.25) is 9.59 Å². The number of allylic oxidation sites excluding steroid dienone is 2. The van der Waals surface area contributed by atoms with Crippen molar-refractivity contribution < 1.29 is 18.8 Å². The fourth-order valence-electron chi connectivity index (χ4n) is 10.8. The number of ketones is 1. The van der Waals surface area contributed by atoms with Gasteiger partial charge in [-0.1, -0.05) is 59.2 Å². The quantitative estimate of drug-likeness (QED) is 0.443. The topological polar surface area (TPSA) is 69.4 Å². The lowest BCUT2D eigenvalue weighted by Crippen LogP contribution is -2.67. The molecule has 3 saturated carbocycles. The van der Waals surface area contributed by atoms with Crippen molar-refractivity contribution in [2.45, 2.75) is 104 Å². The third kappa shape index (κ3) is 2.70. The number of hydrogen-bond donors (Lipinski definition) is 0. The Morgan fingerprint density at radius 1 is 1.06 bits per heavy atom. The van der Waals surface area contributed by atoms with Crippen LogP contribution in [0.1, 0.15) is 98.3 Å². The van der Waals surface area contributed by atoms with Crippen LogP contribution < -0.4 is 0 Å². The highest BCUT2D eigenvalue weighted by Gasteiger charge is 2.70. The first-order valence-electron chi connectivity index (χ1n) is 14.2. The number of nitrogens with zero attached hydrogens (tertiary/aromatic N) is 1. The highest BCUT2D eigenvalue weighted by Crippen LogP contribution is 2.73. The van der Waals surface area contributed by atoms with Crippen molar-refractivity contribution in [3.63, 3.8) is 0 Å². The zero-order valence-corrected chi connectivity index (χ0v) is 23.1. The maximum atomic E-state index is 14.4. The maximum absolute atomic E-state index is 14.4. The molecule has 0 aromatic carbocycles. The van der Waals surface area contributed by atoms with Crippen LogP contribution in [-0.4, -0.2) is 23.0 Å². The van der Waals surface area contributed by atoms with Crippen molar-refractivity contribution in [2.24, 2.45) is 45.8 Å². The summed E-state index contributed by atoms with van der Waals surface area (Å²) in [6.45, 7) is 17.1. The second-order valence-corrected chi connectivity index (χ2v) is 14.5. The predicted molar refractivity (Wildman–Crippen MR) is 137 cm³/mol. The summed E-state index contributed by atoms with van der Waals surface area (Å²) in [5, 5.41) is 4.19. The van der Waals surface area contributed by atoms with Crippen LogP contribution in [0.2, 0.25) is 0 Å². The molecule has 0 radical (unpaired) electrons. The Labute approximate surface area is 215 Å². The van der Waals surface area contributed by atoms with Gasteiger partial charge in [0, 0.05) is 22.8 Å². The van der Waals surface area contributed by atoms with Crippen LogP contribution in [0.3, 0.4) is 0 Å². The summed E-state index contributed by atoms with van der Waals surface area (Å²) >= 11 is 0. The van der Waals surface area contributed by atoms with E-state index in [0.29, 0.717) is 24.2 Å². The fraction of sp³-hybridized carbons (Fsp3) is 0.774. The number of ether oxygens (including phenoxy) is 1. The van der Waals surface area contributed by atoms with Gasteiger partial charge in [-0.2, -0.15) is 0 Å². The van der Waals surface area contributed by atoms with Crippen LogP contribution in [0.25, 0.3) is 0 Å². The molecule has 0 amide bonds. The van der Waals surface area contributed by atoms with Gasteiger partial charge >= 0.3 is 0 Å². The third-order valence-electron chi connectivity index (χ3n) is 12.9. The fourth-order valence-corrected chi connectivity index (χ4v) is 10.8. The van der Waals surface area contributed by atoms with E-state index in [4.69, 9.17) is 9.26 Å². The summed E-state index contributed by atoms with van der Waals surface area (Å²) in [6, 6.07) is 0. The molecule has 36 heavy (non-hydrogen) atoms. The largest absolute Gasteiger partial charge is 0.461 e. The van der Waals surface area contributed by atoms with Crippen molar-refractivity contribution in [1.82, 2.24) is 5.16 Å². The molecule has 5 nitrogen and oxygen atoms in total. The Hall–Kier alpha value is -1.91. The lowest BCUT2D eigenvalue weighted by Gasteiger charge is -2.69. The Bertz CT molecular complexity index is 1150. The lowest BCUT2D eigenvalue weighted by molar-refractivity contribution is -0.214. The normalized spacial score (nSPS) is 48.9. The molecule has 6 rings (SSSR count). The van der Waals surface area contributed by atoms with E-state index < -0.39 is 5.60 Å². The van der Waals surface area contributed by atoms with Gasteiger partial charge in [-0.15, -0.1) is 0 Å². The van der Waals surface area contributed by atoms with Gasteiger partial charge in [0.15, 0.2) is 5.78 Å². The molecule has 1 aromatic heterocycles. The second-order valence-electron chi connectivity index (χ2n) is 14.5. The average molecular weight is 494 g/mol. The Morgan fingerprint density at radius 2 is 1.81 bits per heavy atom. The van der Waals surface area contributed by atoms with E-state index in [-0.39, 0.29) is 39.3 Å². The number of hydrogen-bond acceptors (Lipinski definition) is 5. The van der Waals surface area contributed by atoms with Crippen LogP contribution in [-0.2, 0) is 26.2 Å². The molecule has 5 aliphatic rings. The molecule has 0 spiro atoms. The van der Waals surface area contributed by atoms with Gasteiger partial charge in [0.2, 0.25) is 0 Å². The number of carbonyl (C=O) groups is 2. The van der Waals surface area contributed by atoms with Gasteiger partial charge < -0.3 is 9.26 Å². The van der Waals surface area contributed by atoms with Gasteiger partial charge in [0.05, 0.1) is 6.20 Å². The number of fused-ring (bicyclic) bond motifs is 8. The van der Waals surface area contributed by atoms with Crippen molar-refractivity contribution in [1.29, 1.82) is 0 Å². The molecule has 0 N–H and O–H groups in total. The SMILES string of the molecule is C[C@@H]1[C@H]2[C@H]3C(=O)C=C4[C@@]5(C)Cc6cnoc6C(C)(C)[C@@H]5CC[C@@]4(C)[C@]3(C)CC[C@@]2(OC=O)CC[C@H]1C.